The van der Waals surface area contributed by atoms with Crippen molar-refractivity contribution < 1.29 is 4.39 Å². The quantitative estimate of drug-likeness (QED) is 0.874. The van der Waals surface area contributed by atoms with Crippen molar-refractivity contribution in [3.63, 3.8) is 0 Å². The van der Waals surface area contributed by atoms with Crippen molar-refractivity contribution in [2.45, 2.75) is 32.7 Å². The summed E-state index contributed by atoms with van der Waals surface area (Å²) in [7, 11) is 0. The minimum Gasteiger partial charge on any atom is -0.324 e. The molecule has 0 aliphatic rings. The van der Waals surface area contributed by atoms with Crippen LogP contribution in [0.25, 0.3) is 0 Å². The fourth-order valence-corrected chi connectivity index (χ4v) is 2.12. The molecule has 16 heavy (non-hydrogen) atoms. The second kappa shape index (κ2) is 7.25. The first-order valence-corrected chi connectivity index (χ1v) is 6.00. The Morgan fingerprint density at radius 3 is 2.44 bits per heavy atom. The molecule has 0 saturated carbocycles. The first-order valence-electron chi connectivity index (χ1n) is 5.21. The standard InChI is InChI=1S/C12H17BrFN.ClH/c1-8(2)3-6-12(15)10-5-4-9(14)7-11(10)13;/h4-5,7-8,12H,3,6,15H2,1-2H3;1H/t12-;/m0./s1. The molecule has 0 aliphatic heterocycles. The third kappa shape index (κ3) is 4.81. The van der Waals surface area contributed by atoms with Crippen molar-refractivity contribution in [1.82, 2.24) is 0 Å². The zero-order chi connectivity index (χ0) is 11.4. The van der Waals surface area contributed by atoms with Gasteiger partial charge in [-0.05, 0) is 36.5 Å². The molecule has 1 nitrogen and oxygen atoms in total. The van der Waals surface area contributed by atoms with Crippen LogP contribution in [0.2, 0.25) is 0 Å². The topological polar surface area (TPSA) is 26.0 Å². The molecule has 1 aromatic rings. The molecule has 0 saturated heterocycles. The lowest BCUT2D eigenvalue weighted by molar-refractivity contribution is 0.505. The average molecular weight is 311 g/mol. The monoisotopic (exact) mass is 309 g/mol. The van der Waals surface area contributed by atoms with Gasteiger partial charge in [0, 0.05) is 10.5 Å². The Morgan fingerprint density at radius 2 is 1.94 bits per heavy atom. The Morgan fingerprint density at radius 1 is 1.31 bits per heavy atom. The Labute approximate surface area is 111 Å². The molecule has 0 radical (unpaired) electrons. The molecule has 1 aromatic carbocycles. The molecule has 0 amide bonds. The van der Waals surface area contributed by atoms with Crippen LogP contribution in [0.1, 0.15) is 38.3 Å². The minimum absolute atomic E-state index is 0. The Bertz CT molecular complexity index is 331. The Balaban J connectivity index is 0.00000225. The van der Waals surface area contributed by atoms with Gasteiger partial charge in [-0.1, -0.05) is 35.8 Å². The lowest BCUT2D eigenvalue weighted by Crippen LogP contribution is -2.12. The molecular weight excluding hydrogens is 292 g/mol. The van der Waals surface area contributed by atoms with Gasteiger partial charge in [-0.2, -0.15) is 0 Å². The molecule has 0 bridgehead atoms. The molecule has 0 aromatic heterocycles. The summed E-state index contributed by atoms with van der Waals surface area (Å²) in [5.74, 6) is 0.414. The van der Waals surface area contributed by atoms with Gasteiger partial charge >= 0.3 is 0 Å². The van der Waals surface area contributed by atoms with E-state index in [2.05, 4.69) is 29.8 Å². The number of hydrogen-bond acceptors (Lipinski definition) is 1. The highest BCUT2D eigenvalue weighted by Gasteiger charge is 2.10. The minimum atomic E-state index is -0.235. The molecule has 1 atom stereocenters. The third-order valence-electron chi connectivity index (χ3n) is 2.42. The van der Waals surface area contributed by atoms with Gasteiger partial charge in [0.05, 0.1) is 0 Å². The van der Waals surface area contributed by atoms with Crippen molar-refractivity contribution in [3.8, 4) is 0 Å². The van der Waals surface area contributed by atoms with Crippen LogP contribution in [-0.4, -0.2) is 0 Å². The van der Waals surface area contributed by atoms with Crippen LogP contribution < -0.4 is 5.73 Å². The molecule has 0 heterocycles. The summed E-state index contributed by atoms with van der Waals surface area (Å²) in [6, 6.07) is 4.66. The van der Waals surface area contributed by atoms with E-state index in [0.717, 1.165) is 22.9 Å². The molecule has 4 heteroatoms. The Kier molecular flexibility index (Phi) is 7.20. The first kappa shape index (κ1) is 15.9. The van der Waals surface area contributed by atoms with E-state index < -0.39 is 0 Å². The molecule has 0 spiro atoms. The number of rotatable bonds is 4. The predicted molar refractivity (Wildman–Crippen MR) is 72.3 cm³/mol. The van der Waals surface area contributed by atoms with Crippen molar-refractivity contribution in [2.24, 2.45) is 11.7 Å². The van der Waals surface area contributed by atoms with E-state index in [1.807, 2.05) is 0 Å². The molecule has 92 valence electrons. The van der Waals surface area contributed by atoms with Crippen molar-refractivity contribution in [1.29, 1.82) is 0 Å². The van der Waals surface area contributed by atoms with E-state index in [1.165, 1.54) is 12.1 Å². The van der Waals surface area contributed by atoms with Crippen molar-refractivity contribution in [2.75, 3.05) is 0 Å². The number of nitrogens with two attached hydrogens (primary N) is 1. The maximum Gasteiger partial charge on any atom is 0.124 e. The zero-order valence-corrected chi connectivity index (χ0v) is 11.9. The van der Waals surface area contributed by atoms with Crippen molar-refractivity contribution >= 4 is 28.3 Å². The van der Waals surface area contributed by atoms with Crippen LogP contribution in [0.15, 0.2) is 22.7 Å². The molecule has 0 aliphatic carbocycles. The van der Waals surface area contributed by atoms with Crippen LogP contribution >= 0.6 is 28.3 Å². The van der Waals surface area contributed by atoms with Crippen LogP contribution in [0, 0.1) is 11.7 Å². The summed E-state index contributed by atoms with van der Waals surface area (Å²) in [6.45, 7) is 4.35. The van der Waals surface area contributed by atoms with Crippen LogP contribution in [0.5, 0.6) is 0 Å². The predicted octanol–water partition coefficient (Wildman–Crippen LogP) is 4.45. The van der Waals surface area contributed by atoms with Gasteiger partial charge in [-0.15, -0.1) is 12.4 Å². The lowest BCUT2D eigenvalue weighted by Gasteiger charge is -2.15. The van der Waals surface area contributed by atoms with Crippen LogP contribution in [-0.2, 0) is 0 Å². The molecule has 1 rings (SSSR count). The van der Waals surface area contributed by atoms with Gasteiger partial charge in [0.25, 0.3) is 0 Å². The van der Waals surface area contributed by atoms with E-state index >= 15 is 0 Å². The molecule has 2 N–H and O–H groups in total. The Hall–Kier alpha value is -0.120. The first-order chi connectivity index (χ1) is 7.00. The summed E-state index contributed by atoms with van der Waals surface area (Å²) in [4.78, 5) is 0. The van der Waals surface area contributed by atoms with Gasteiger partial charge < -0.3 is 5.73 Å². The summed E-state index contributed by atoms with van der Waals surface area (Å²) >= 11 is 3.33. The zero-order valence-electron chi connectivity index (χ0n) is 9.54. The largest absolute Gasteiger partial charge is 0.324 e. The van der Waals surface area contributed by atoms with Gasteiger partial charge in [-0.25, -0.2) is 4.39 Å². The molecular formula is C12H18BrClFN. The summed E-state index contributed by atoms with van der Waals surface area (Å²) < 4.78 is 13.6. The second-order valence-electron chi connectivity index (χ2n) is 4.24. The third-order valence-corrected chi connectivity index (χ3v) is 3.10. The smallest absolute Gasteiger partial charge is 0.124 e. The van der Waals surface area contributed by atoms with Gasteiger partial charge in [0.2, 0.25) is 0 Å². The average Bonchev–Trinajstić information content (AvgIpc) is 2.14. The highest BCUT2D eigenvalue weighted by atomic mass is 79.9. The van der Waals surface area contributed by atoms with Gasteiger partial charge in [0.15, 0.2) is 0 Å². The lowest BCUT2D eigenvalue weighted by atomic mass is 9.98. The van der Waals surface area contributed by atoms with Crippen molar-refractivity contribution in [3.05, 3.63) is 34.1 Å². The number of hydrogen-bond donors (Lipinski definition) is 1. The maximum atomic E-state index is 12.9. The maximum absolute atomic E-state index is 12.9. The van der Waals surface area contributed by atoms with E-state index in [-0.39, 0.29) is 24.3 Å². The highest BCUT2D eigenvalue weighted by molar-refractivity contribution is 9.10. The van der Waals surface area contributed by atoms with E-state index in [4.69, 9.17) is 5.73 Å². The SMILES string of the molecule is CC(C)CC[C@H](N)c1ccc(F)cc1Br.Cl. The molecule has 0 fully saturated rings. The number of halogens is 3. The fourth-order valence-electron chi connectivity index (χ4n) is 1.47. The number of benzene rings is 1. The van der Waals surface area contributed by atoms with Gasteiger partial charge in [-0.3, -0.25) is 0 Å². The highest BCUT2D eigenvalue weighted by Crippen LogP contribution is 2.26. The normalized spacial score (nSPS) is 12.4. The van der Waals surface area contributed by atoms with E-state index in [9.17, 15) is 4.39 Å². The second-order valence-corrected chi connectivity index (χ2v) is 5.10. The van der Waals surface area contributed by atoms with Crippen LogP contribution in [0.3, 0.4) is 0 Å². The van der Waals surface area contributed by atoms with Gasteiger partial charge in [0.1, 0.15) is 5.82 Å². The van der Waals surface area contributed by atoms with Crippen LogP contribution in [0.4, 0.5) is 4.39 Å². The summed E-state index contributed by atoms with van der Waals surface area (Å²) in [5, 5.41) is 0. The summed E-state index contributed by atoms with van der Waals surface area (Å²) in [5.41, 5.74) is 7.03. The summed E-state index contributed by atoms with van der Waals surface area (Å²) in [6.07, 6.45) is 2.02. The van der Waals surface area contributed by atoms with E-state index in [1.54, 1.807) is 6.07 Å². The molecule has 0 unspecified atom stereocenters. The van der Waals surface area contributed by atoms with E-state index in [0.29, 0.717) is 5.92 Å². The fraction of sp³-hybridized carbons (Fsp3) is 0.500.